The molecule has 1 atom stereocenters. The zero-order valence-corrected chi connectivity index (χ0v) is 11.1. The SMILES string of the molecule is CC(C)(C)c1ccc2c(c1)CC(C1CC1)CO2. The third-order valence-corrected chi connectivity index (χ3v) is 4.15. The summed E-state index contributed by atoms with van der Waals surface area (Å²) >= 11 is 0. The van der Waals surface area contributed by atoms with E-state index in [1.807, 2.05) is 0 Å². The fourth-order valence-electron chi connectivity index (χ4n) is 2.75. The molecule has 1 unspecified atom stereocenters. The van der Waals surface area contributed by atoms with Crippen LogP contribution < -0.4 is 4.74 Å². The highest BCUT2D eigenvalue weighted by Gasteiger charge is 2.34. The van der Waals surface area contributed by atoms with Gasteiger partial charge in [0.05, 0.1) is 6.61 Å². The number of rotatable bonds is 1. The number of hydrogen-bond acceptors (Lipinski definition) is 1. The number of fused-ring (bicyclic) bond motifs is 1. The van der Waals surface area contributed by atoms with Gasteiger partial charge in [-0.2, -0.15) is 0 Å². The smallest absolute Gasteiger partial charge is 0.122 e. The van der Waals surface area contributed by atoms with Crippen molar-refractivity contribution in [1.29, 1.82) is 0 Å². The van der Waals surface area contributed by atoms with Crippen LogP contribution in [0.4, 0.5) is 0 Å². The molecule has 3 rings (SSSR count). The molecular weight excluding hydrogens is 208 g/mol. The first-order valence-corrected chi connectivity index (χ1v) is 6.80. The summed E-state index contributed by atoms with van der Waals surface area (Å²) in [5, 5.41) is 0. The molecule has 1 aliphatic carbocycles. The summed E-state index contributed by atoms with van der Waals surface area (Å²) in [4.78, 5) is 0. The normalized spacial score (nSPS) is 24.1. The van der Waals surface area contributed by atoms with Crippen molar-refractivity contribution < 1.29 is 4.74 Å². The lowest BCUT2D eigenvalue weighted by Gasteiger charge is -2.28. The summed E-state index contributed by atoms with van der Waals surface area (Å²) in [5.41, 5.74) is 3.10. The van der Waals surface area contributed by atoms with Gasteiger partial charge in [0, 0.05) is 0 Å². The van der Waals surface area contributed by atoms with E-state index in [4.69, 9.17) is 4.74 Å². The number of ether oxygens (including phenoxy) is 1. The van der Waals surface area contributed by atoms with E-state index in [1.165, 1.54) is 30.4 Å². The maximum atomic E-state index is 5.91. The molecule has 0 bridgehead atoms. The second kappa shape index (κ2) is 3.76. The number of hydrogen-bond donors (Lipinski definition) is 0. The summed E-state index contributed by atoms with van der Waals surface area (Å²) < 4.78 is 5.91. The quantitative estimate of drug-likeness (QED) is 0.710. The molecule has 0 saturated heterocycles. The molecule has 1 nitrogen and oxygen atoms in total. The van der Waals surface area contributed by atoms with Crippen LogP contribution in [0.15, 0.2) is 18.2 Å². The molecular formula is C16H22O. The third kappa shape index (κ3) is 2.20. The Labute approximate surface area is 104 Å². The van der Waals surface area contributed by atoms with E-state index >= 15 is 0 Å². The molecule has 0 amide bonds. The Morgan fingerprint density at radius 2 is 1.88 bits per heavy atom. The maximum Gasteiger partial charge on any atom is 0.122 e. The molecule has 1 saturated carbocycles. The van der Waals surface area contributed by atoms with Gasteiger partial charge in [-0.05, 0) is 53.7 Å². The molecule has 1 heteroatoms. The Hall–Kier alpha value is -0.980. The van der Waals surface area contributed by atoms with Gasteiger partial charge in [-0.25, -0.2) is 0 Å². The summed E-state index contributed by atoms with van der Waals surface area (Å²) in [6, 6.07) is 6.75. The van der Waals surface area contributed by atoms with Gasteiger partial charge < -0.3 is 4.74 Å². The van der Waals surface area contributed by atoms with E-state index in [2.05, 4.69) is 39.0 Å². The van der Waals surface area contributed by atoms with Gasteiger partial charge in [0.15, 0.2) is 0 Å². The topological polar surface area (TPSA) is 9.23 Å². The van der Waals surface area contributed by atoms with E-state index in [0.717, 1.165) is 24.2 Å². The molecule has 0 N–H and O–H groups in total. The van der Waals surface area contributed by atoms with Crippen molar-refractivity contribution >= 4 is 0 Å². The van der Waals surface area contributed by atoms with Crippen LogP contribution in [0.1, 0.15) is 44.7 Å². The Kier molecular flexibility index (Phi) is 2.46. The molecule has 1 heterocycles. The van der Waals surface area contributed by atoms with Crippen molar-refractivity contribution in [1.82, 2.24) is 0 Å². The minimum atomic E-state index is 0.238. The Morgan fingerprint density at radius 3 is 2.53 bits per heavy atom. The molecule has 1 aliphatic heterocycles. The van der Waals surface area contributed by atoms with Crippen molar-refractivity contribution in [3.8, 4) is 5.75 Å². The van der Waals surface area contributed by atoms with Crippen molar-refractivity contribution in [2.75, 3.05) is 6.61 Å². The maximum absolute atomic E-state index is 5.91. The van der Waals surface area contributed by atoms with Crippen LogP contribution in [0, 0.1) is 11.8 Å². The lowest BCUT2D eigenvalue weighted by molar-refractivity contribution is 0.205. The van der Waals surface area contributed by atoms with Crippen LogP contribution in [0.5, 0.6) is 5.75 Å². The lowest BCUT2D eigenvalue weighted by Crippen LogP contribution is -2.23. The first kappa shape index (κ1) is 11.1. The van der Waals surface area contributed by atoms with E-state index in [1.54, 1.807) is 0 Å². The molecule has 0 spiro atoms. The monoisotopic (exact) mass is 230 g/mol. The van der Waals surface area contributed by atoms with Crippen LogP contribution >= 0.6 is 0 Å². The van der Waals surface area contributed by atoms with Crippen LogP contribution in [-0.4, -0.2) is 6.61 Å². The molecule has 0 radical (unpaired) electrons. The van der Waals surface area contributed by atoms with E-state index in [0.29, 0.717) is 0 Å². The molecule has 0 aromatic heterocycles. The van der Waals surface area contributed by atoms with Crippen molar-refractivity contribution in [3.63, 3.8) is 0 Å². The third-order valence-electron chi connectivity index (χ3n) is 4.15. The largest absolute Gasteiger partial charge is 0.493 e. The van der Waals surface area contributed by atoms with Crippen LogP contribution in [0.3, 0.4) is 0 Å². The van der Waals surface area contributed by atoms with E-state index in [9.17, 15) is 0 Å². The van der Waals surface area contributed by atoms with Crippen LogP contribution in [0.25, 0.3) is 0 Å². The first-order chi connectivity index (χ1) is 8.04. The second-order valence-electron chi connectivity index (χ2n) is 6.69. The molecule has 1 aromatic rings. The number of benzene rings is 1. The van der Waals surface area contributed by atoms with Gasteiger partial charge in [0.25, 0.3) is 0 Å². The standard InChI is InChI=1S/C16H22O/c1-16(2,3)14-6-7-15-12(9-14)8-13(10-17-15)11-4-5-11/h6-7,9,11,13H,4-5,8,10H2,1-3H3. The molecule has 1 fully saturated rings. The minimum Gasteiger partial charge on any atom is -0.493 e. The van der Waals surface area contributed by atoms with Crippen molar-refractivity contribution in [2.45, 2.75) is 45.4 Å². The first-order valence-electron chi connectivity index (χ1n) is 6.80. The predicted molar refractivity (Wildman–Crippen MR) is 70.6 cm³/mol. The van der Waals surface area contributed by atoms with Gasteiger partial charge in [0.1, 0.15) is 5.75 Å². The average Bonchev–Trinajstić information content (AvgIpc) is 3.10. The van der Waals surface area contributed by atoms with Crippen LogP contribution in [-0.2, 0) is 11.8 Å². The predicted octanol–water partition coefficient (Wildman–Crippen LogP) is 3.95. The van der Waals surface area contributed by atoms with Gasteiger partial charge in [-0.3, -0.25) is 0 Å². The molecule has 1 aromatic carbocycles. The van der Waals surface area contributed by atoms with E-state index < -0.39 is 0 Å². The highest BCUT2D eigenvalue weighted by molar-refractivity contribution is 5.41. The second-order valence-corrected chi connectivity index (χ2v) is 6.69. The Bertz CT molecular complexity index is 424. The fraction of sp³-hybridized carbons (Fsp3) is 0.625. The van der Waals surface area contributed by atoms with Gasteiger partial charge >= 0.3 is 0 Å². The summed E-state index contributed by atoms with van der Waals surface area (Å²) in [6.07, 6.45) is 4.06. The summed E-state index contributed by atoms with van der Waals surface area (Å²) in [6.45, 7) is 7.76. The lowest BCUT2D eigenvalue weighted by atomic mass is 9.84. The zero-order valence-electron chi connectivity index (χ0n) is 11.1. The van der Waals surface area contributed by atoms with Crippen LogP contribution in [0.2, 0.25) is 0 Å². The van der Waals surface area contributed by atoms with Gasteiger partial charge in [-0.1, -0.05) is 32.9 Å². The summed E-state index contributed by atoms with van der Waals surface area (Å²) in [7, 11) is 0. The molecule has 17 heavy (non-hydrogen) atoms. The zero-order chi connectivity index (χ0) is 12.0. The van der Waals surface area contributed by atoms with Gasteiger partial charge in [0.2, 0.25) is 0 Å². The highest BCUT2D eigenvalue weighted by atomic mass is 16.5. The fourth-order valence-corrected chi connectivity index (χ4v) is 2.75. The van der Waals surface area contributed by atoms with E-state index in [-0.39, 0.29) is 5.41 Å². The average molecular weight is 230 g/mol. The Balaban J connectivity index is 1.88. The van der Waals surface area contributed by atoms with Gasteiger partial charge in [-0.15, -0.1) is 0 Å². The Morgan fingerprint density at radius 1 is 1.12 bits per heavy atom. The highest BCUT2D eigenvalue weighted by Crippen LogP contribution is 2.42. The summed E-state index contributed by atoms with van der Waals surface area (Å²) in [5.74, 6) is 2.84. The van der Waals surface area contributed by atoms with Crippen molar-refractivity contribution in [2.24, 2.45) is 11.8 Å². The molecule has 2 aliphatic rings. The molecule has 92 valence electrons. The minimum absolute atomic E-state index is 0.238. The van der Waals surface area contributed by atoms with Crippen molar-refractivity contribution in [3.05, 3.63) is 29.3 Å².